The van der Waals surface area contributed by atoms with E-state index in [1.165, 1.54) is 12.8 Å². The number of carbonyl (C=O) groups excluding carboxylic acids is 1. The Morgan fingerprint density at radius 3 is 2.54 bits per heavy atom. The lowest BCUT2D eigenvalue weighted by atomic mass is 10.1. The fourth-order valence-corrected chi connectivity index (χ4v) is 4.10. The van der Waals surface area contributed by atoms with Crippen LogP contribution in [0.5, 0.6) is 0 Å². The number of aliphatic hydroxyl groups excluding tert-OH is 1. The third kappa shape index (κ3) is 3.48. The molecule has 3 rings (SSSR count). The SMILES string of the molecule is COCc1ccc(C(=O)N(C)[C@@H]2CC[C@@H](N3CCCC3)[C@@H]2O)cc1. The first kappa shape index (κ1) is 17.4. The number of likely N-dealkylation sites (N-methyl/N-ethyl adjacent to an activating group) is 1. The van der Waals surface area contributed by atoms with Crippen molar-refractivity contribution in [2.75, 3.05) is 27.2 Å². The molecule has 1 heterocycles. The van der Waals surface area contributed by atoms with Crippen molar-refractivity contribution in [1.29, 1.82) is 0 Å². The van der Waals surface area contributed by atoms with Crippen LogP contribution in [-0.2, 0) is 11.3 Å². The maximum atomic E-state index is 12.7. The minimum atomic E-state index is -0.454. The number of carbonyl (C=O) groups is 1. The predicted molar refractivity (Wildman–Crippen MR) is 92.9 cm³/mol. The van der Waals surface area contributed by atoms with Crippen molar-refractivity contribution >= 4 is 5.91 Å². The van der Waals surface area contributed by atoms with Crippen LogP contribution in [-0.4, -0.2) is 66.2 Å². The van der Waals surface area contributed by atoms with Crippen LogP contribution in [0.1, 0.15) is 41.6 Å². The van der Waals surface area contributed by atoms with Crippen LogP contribution in [0.25, 0.3) is 0 Å². The lowest BCUT2D eigenvalue weighted by molar-refractivity contribution is 0.0296. The van der Waals surface area contributed by atoms with E-state index in [2.05, 4.69) is 4.90 Å². The smallest absolute Gasteiger partial charge is 0.253 e. The third-order valence-corrected chi connectivity index (χ3v) is 5.49. The van der Waals surface area contributed by atoms with E-state index in [9.17, 15) is 9.90 Å². The standard InChI is InChI=1S/C19H28N2O3/c1-20(19(23)15-7-5-14(6-8-15)13-24-2)16-9-10-17(18(16)22)21-11-3-4-12-21/h5-8,16-18,22H,3-4,9-13H2,1-2H3/t16-,17-,18-/m1/s1. The summed E-state index contributed by atoms with van der Waals surface area (Å²) in [7, 11) is 3.47. The number of hydrogen-bond donors (Lipinski definition) is 1. The molecule has 0 unspecified atom stereocenters. The molecule has 0 bridgehead atoms. The number of amides is 1. The van der Waals surface area contributed by atoms with Gasteiger partial charge >= 0.3 is 0 Å². The number of likely N-dealkylation sites (tertiary alicyclic amines) is 1. The minimum absolute atomic E-state index is 0.0231. The summed E-state index contributed by atoms with van der Waals surface area (Å²) in [6, 6.07) is 7.63. The van der Waals surface area contributed by atoms with Crippen molar-refractivity contribution in [3.8, 4) is 0 Å². The molecule has 1 aromatic rings. The fourth-order valence-electron chi connectivity index (χ4n) is 4.10. The average molecular weight is 332 g/mol. The van der Waals surface area contributed by atoms with Gasteiger partial charge in [0.25, 0.3) is 5.91 Å². The van der Waals surface area contributed by atoms with Gasteiger partial charge in [0.1, 0.15) is 0 Å². The first-order valence-corrected chi connectivity index (χ1v) is 8.89. The minimum Gasteiger partial charge on any atom is -0.389 e. The quantitative estimate of drug-likeness (QED) is 0.895. The molecule has 0 spiro atoms. The Morgan fingerprint density at radius 1 is 1.25 bits per heavy atom. The summed E-state index contributed by atoms with van der Waals surface area (Å²) in [4.78, 5) is 16.9. The number of nitrogens with zero attached hydrogens (tertiary/aromatic N) is 2. The topological polar surface area (TPSA) is 53.0 Å². The highest BCUT2D eigenvalue weighted by atomic mass is 16.5. The van der Waals surface area contributed by atoms with Crippen LogP contribution in [0.15, 0.2) is 24.3 Å². The summed E-state index contributed by atoms with van der Waals surface area (Å²) >= 11 is 0. The van der Waals surface area contributed by atoms with Crippen molar-refractivity contribution in [2.24, 2.45) is 0 Å². The molecule has 3 atom stereocenters. The molecule has 1 amide bonds. The molecule has 1 saturated carbocycles. The molecule has 0 aromatic heterocycles. The van der Waals surface area contributed by atoms with Crippen LogP contribution < -0.4 is 0 Å². The Bertz CT molecular complexity index is 554. The molecule has 1 saturated heterocycles. The van der Waals surface area contributed by atoms with Crippen molar-refractivity contribution < 1.29 is 14.6 Å². The maximum Gasteiger partial charge on any atom is 0.253 e. The summed E-state index contributed by atoms with van der Waals surface area (Å²) in [5, 5.41) is 10.7. The van der Waals surface area contributed by atoms with Gasteiger partial charge in [0.2, 0.25) is 0 Å². The number of rotatable bonds is 5. The summed E-state index contributed by atoms with van der Waals surface area (Å²) in [5.74, 6) is -0.0231. The lowest BCUT2D eigenvalue weighted by Crippen LogP contribution is -2.48. The summed E-state index contributed by atoms with van der Waals surface area (Å²) in [6.45, 7) is 2.70. The summed E-state index contributed by atoms with van der Waals surface area (Å²) in [5.41, 5.74) is 1.71. The van der Waals surface area contributed by atoms with E-state index in [0.29, 0.717) is 12.2 Å². The zero-order valence-corrected chi connectivity index (χ0v) is 14.6. The molecule has 1 aliphatic heterocycles. The van der Waals surface area contributed by atoms with Gasteiger partial charge < -0.3 is 14.7 Å². The summed E-state index contributed by atoms with van der Waals surface area (Å²) < 4.78 is 5.10. The van der Waals surface area contributed by atoms with E-state index in [0.717, 1.165) is 31.5 Å². The number of benzene rings is 1. The molecule has 5 heteroatoms. The van der Waals surface area contributed by atoms with Gasteiger partial charge in [0, 0.05) is 25.8 Å². The Hall–Kier alpha value is -1.43. The predicted octanol–water partition coefficient (Wildman–Crippen LogP) is 1.89. The Balaban J connectivity index is 1.64. The molecule has 1 aliphatic carbocycles. The second-order valence-corrected chi connectivity index (χ2v) is 6.99. The van der Waals surface area contributed by atoms with E-state index < -0.39 is 6.10 Å². The summed E-state index contributed by atoms with van der Waals surface area (Å²) in [6.07, 6.45) is 3.82. The van der Waals surface area contributed by atoms with Gasteiger partial charge in [0.15, 0.2) is 0 Å². The highest BCUT2D eigenvalue weighted by Crippen LogP contribution is 2.30. The van der Waals surface area contributed by atoms with E-state index in [1.54, 1.807) is 12.0 Å². The monoisotopic (exact) mass is 332 g/mol. The van der Waals surface area contributed by atoms with Crippen LogP contribution in [0.4, 0.5) is 0 Å². The Kier molecular flexibility index (Phi) is 5.54. The Morgan fingerprint density at radius 2 is 1.92 bits per heavy atom. The molecule has 1 aromatic carbocycles. The highest BCUT2D eigenvalue weighted by Gasteiger charge is 2.42. The zero-order chi connectivity index (χ0) is 17.1. The van der Waals surface area contributed by atoms with Gasteiger partial charge in [-0.1, -0.05) is 12.1 Å². The number of ether oxygens (including phenoxy) is 1. The normalized spacial score (nSPS) is 27.5. The van der Waals surface area contributed by atoms with E-state index in [1.807, 2.05) is 31.3 Å². The van der Waals surface area contributed by atoms with E-state index >= 15 is 0 Å². The molecule has 2 fully saturated rings. The molecule has 24 heavy (non-hydrogen) atoms. The molecular weight excluding hydrogens is 304 g/mol. The number of aliphatic hydroxyl groups is 1. The number of hydrogen-bond acceptors (Lipinski definition) is 4. The van der Waals surface area contributed by atoms with E-state index in [4.69, 9.17) is 4.74 Å². The zero-order valence-electron chi connectivity index (χ0n) is 14.6. The van der Waals surface area contributed by atoms with Crippen LogP contribution in [0.2, 0.25) is 0 Å². The van der Waals surface area contributed by atoms with Gasteiger partial charge in [-0.15, -0.1) is 0 Å². The van der Waals surface area contributed by atoms with Crippen molar-refractivity contribution in [2.45, 2.75) is 50.5 Å². The fraction of sp³-hybridized carbons (Fsp3) is 0.632. The van der Waals surface area contributed by atoms with Crippen molar-refractivity contribution in [1.82, 2.24) is 9.80 Å². The average Bonchev–Trinajstić information content (AvgIpc) is 3.24. The van der Waals surface area contributed by atoms with Gasteiger partial charge in [-0.3, -0.25) is 9.69 Å². The second kappa shape index (κ2) is 7.64. The second-order valence-electron chi connectivity index (χ2n) is 6.99. The largest absolute Gasteiger partial charge is 0.389 e. The third-order valence-electron chi connectivity index (χ3n) is 5.49. The van der Waals surface area contributed by atoms with Gasteiger partial charge in [-0.25, -0.2) is 0 Å². The lowest BCUT2D eigenvalue weighted by Gasteiger charge is -2.32. The van der Waals surface area contributed by atoms with Crippen molar-refractivity contribution in [3.05, 3.63) is 35.4 Å². The Labute approximate surface area is 144 Å². The molecule has 5 nitrogen and oxygen atoms in total. The van der Waals surface area contributed by atoms with Crippen LogP contribution >= 0.6 is 0 Å². The van der Waals surface area contributed by atoms with Crippen LogP contribution in [0, 0.1) is 0 Å². The van der Waals surface area contributed by atoms with E-state index in [-0.39, 0.29) is 18.0 Å². The highest BCUT2D eigenvalue weighted by molar-refractivity contribution is 5.94. The molecule has 1 N–H and O–H groups in total. The van der Waals surface area contributed by atoms with Gasteiger partial charge in [-0.05, 0) is 56.5 Å². The molecule has 0 radical (unpaired) electrons. The number of methoxy groups -OCH3 is 1. The van der Waals surface area contributed by atoms with Gasteiger partial charge in [0.05, 0.1) is 18.8 Å². The molecule has 2 aliphatic rings. The first-order chi connectivity index (χ1) is 11.6. The van der Waals surface area contributed by atoms with Crippen molar-refractivity contribution in [3.63, 3.8) is 0 Å². The maximum absolute atomic E-state index is 12.7. The van der Waals surface area contributed by atoms with Gasteiger partial charge in [-0.2, -0.15) is 0 Å². The first-order valence-electron chi connectivity index (χ1n) is 8.89. The molecule has 132 valence electrons. The van der Waals surface area contributed by atoms with Crippen LogP contribution in [0.3, 0.4) is 0 Å². The molecular formula is C19H28N2O3.